The number of aryl methyl sites for hydroxylation is 1. The Kier molecular flexibility index (Phi) is 4.91. The van der Waals surface area contributed by atoms with Crippen molar-refractivity contribution in [3.05, 3.63) is 70.8 Å². The first-order valence-electron chi connectivity index (χ1n) is 6.80. The minimum absolute atomic E-state index is 0.383. The number of benzene rings is 2. The number of carbonyl (C=O) groups excluding carboxylic acids is 1. The van der Waals surface area contributed by atoms with Crippen LogP contribution in [0.25, 0.3) is 0 Å². The minimum Gasteiger partial charge on any atom is -0.366 e. The molecular weight excluding hydrogens is 248 g/mol. The largest absolute Gasteiger partial charge is 0.366 e. The second kappa shape index (κ2) is 6.87. The summed E-state index contributed by atoms with van der Waals surface area (Å²) >= 11 is 0. The lowest BCUT2D eigenvalue weighted by atomic mass is 10.1. The lowest BCUT2D eigenvalue weighted by Crippen LogP contribution is -2.17. The predicted molar refractivity (Wildman–Crippen MR) is 81.5 cm³/mol. The number of carbonyl (C=O) groups is 1. The summed E-state index contributed by atoms with van der Waals surface area (Å²) in [7, 11) is 0. The van der Waals surface area contributed by atoms with Gasteiger partial charge in [-0.2, -0.15) is 0 Å². The molecule has 0 aliphatic carbocycles. The molecule has 2 rings (SSSR count). The predicted octanol–water partition coefficient (Wildman–Crippen LogP) is 2.43. The molecule has 0 aromatic heterocycles. The van der Waals surface area contributed by atoms with E-state index in [-0.39, 0.29) is 5.91 Å². The molecule has 3 N–H and O–H groups in total. The molecule has 0 aliphatic rings. The fourth-order valence-electron chi connectivity index (χ4n) is 2.17. The van der Waals surface area contributed by atoms with E-state index in [0.717, 1.165) is 25.1 Å². The Morgan fingerprint density at radius 2 is 1.85 bits per heavy atom. The Morgan fingerprint density at radius 3 is 2.60 bits per heavy atom. The van der Waals surface area contributed by atoms with Gasteiger partial charge >= 0.3 is 0 Å². The fourth-order valence-corrected chi connectivity index (χ4v) is 2.17. The van der Waals surface area contributed by atoms with Gasteiger partial charge in [-0.05, 0) is 43.1 Å². The van der Waals surface area contributed by atoms with E-state index < -0.39 is 0 Å². The van der Waals surface area contributed by atoms with Gasteiger partial charge in [0.2, 0.25) is 5.91 Å². The van der Waals surface area contributed by atoms with E-state index in [1.165, 1.54) is 11.1 Å². The zero-order chi connectivity index (χ0) is 14.4. The molecule has 0 saturated carbocycles. The minimum atomic E-state index is -0.383. The molecule has 0 aliphatic heterocycles. The topological polar surface area (TPSA) is 55.1 Å². The molecule has 0 radical (unpaired) electrons. The van der Waals surface area contributed by atoms with Crippen LogP contribution in [-0.2, 0) is 13.0 Å². The van der Waals surface area contributed by atoms with Crippen molar-refractivity contribution in [2.24, 2.45) is 5.73 Å². The van der Waals surface area contributed by atoms with Crippen molar-refractivity contribution in [3.8, 4) is 0 Å². The van der Waals surface area contributed by atoms with E-state index in [9.17, 15) is 4.79 Å². The van der Waals surface area contributed by atoms with Gasteiger partial charge < -0.3 is 11.1 Å². The summed E-state index contributed by atoms with van der Waals surface area (Å²) in [5.41, 5.74) is 9.53. The maximum absolute atomic E-state index is 11.1. The third-order valence-corrected chi connectivity index (χ3v) is 3.21. The monoisotopic (exact) mass is 268 g/mol. The third-order valence-electron chi connectivity index (χ3n) is 3.21. The van der Waals surface area contributed by atoms with Crippen molar-refractivity contribution in [1.82, 2.24) is 5.32 Å². The number of nitrogens with two attached hydrogens (primary N) is 1. The van der Waals surface area contributed by atoms with E-state index in [0.29, 0.717) is 5.56 Å². The van der Waals surface area contributed by atoms with Crippen LogP contribution in [0.4, 0.5) is 0 Å². The van der Waals surface area contributed by atoms with Gasteiger partial charge in [-0.3, -0.25) is 4.79 Å². The fraction of sp³-hybridized carbons (Fsp3) is 0.235. The summed E-state index contributed by atoms with van der Waals surface area (Å²) in [6.45, 7) is 3.75. The van der Waals surface area contributed by atoms with Crippen molar-refractivity contribution in [1.29, 1.82) is 0 Å². The molecule has 2 aromatic rings. The van der Waals surface area contributed by atoms with Crippen LogP contribution in [0.5, 0.6) is 0 Å². The Labute approximate surface area is 119 Å². The first kappa shape index (κ1) is 14.3. The Morgan fingerprint density at radius 1 is 1.10 bits per heavy atom. The summed E-state index contributed by atoms with van der Waals surface area (Å²) in [6, 6.07) is 16.0. The quantitative estimate of drug-likeness (QED) is 0.791. The van der Waals surface area contributed by atoms with Gasteiger partial charge in [-0.15, -0.1) is 0 Å². The summed E-state index contributed by atoms with van der Waals surface area (Å²) in [6.07, 6.45) is 0.997. The van der Waals surface area contributed by atoms with Gasteiger partial charge in [0, 0.05) is 12.1 Å². The number of rotatable bonds is 6. The molecule has 3 heteroatoms. The molecule has 0 heterocycles. The van der Waals surface area contributed by atoms with Gasteiger partial charge in [0.25, 0.3) is 0 Å². The van der Waals surface area contributed by atoms with Crippen LogP contribution in [0, 0.1) is 6.92 Å². The van der Waals surface area contributed by atoms with Crippen LogP contribution >= 0.6 is 0 Å². The molecule has 0 atom stereocenters. The maximum atomic E-state index is 11.1. The number of hydrogen-bond acceptors (Lipinski definition) is 2. The summed E-state index contributed by atoms with van der Waals surface area (Å²) in [5.74, 6) is -0.383. The molecule has 0 bridgehead atoms. The zero-order valence-electron chi connectivity index (χ0n) is 11.7. The second-order valence-corrected chi connectivity index (χ2v) is 4.98. The lowest BCUT2D eigenvalue weighted by Gasteiger charge is -2.07. The first-order chi connectivity index (χ1) is 9.65. The van der Waals surface area contributed by atoms with E-state index in [2.05, 4.69) is 36.5 Å². The molecular formula is C17H20N2O. The molecule has 20 heavy (non-hydrogen) atoms. The van der Waals surface area contributed by atoms with E-state index >= 15 is 0 Å². The average Bonchev–Trinajstić information content (AvgIpc) is 2.44. The highest BCUT2D eigenvalue weighted by molar-refractivity contribution is 5.92. The molecule has 0 spiro atoms. The highest BCUT2D eigenvalue weighted by Crippen LogP contribution is 2.06. The van der Waals surface area contributed by atoms with Gasteiger partial charge in [0.05, 0.1) is 0 Å². The Bertz CT molecular complexity index is 593. The van der Waals surface area contributed by atoms with Gasteiger partial charge in [-0.1, -0.05) is 42.0 Å². The SMILES string of the molecule is Cc1cccc(CCNCc2cccc(C(N)=O)c2)c1. The lowest BCUT2D eigenvalue weighted by molar-refractivity contribution is 0.1000. The normalized spacial score (nSPS) is 10.4. The average molecular weight is 268 g/mol. The van der Waals surface area contributed by atoms with E-state index in [1.807, 2.05) is 18.2 Å². The highest BCUT2D eigenvalue weighted by atomic mass is 16.1. The maximum Gasteiger partial charge on any atom is 0.248 e. The summed E-state index contributed by atoms with van der Waals surface area (Å²) < 4.78 is 0. The molecule has 1 amide bonds. The first-order valence-corrected chi connectivity index (χ1v) is 6.80. The third kappa shape index (κ3) is 4.21. The van der Waals surface area contributed by atoms with Crippen molar-refractivity contribution in [2.45, 2.75) is 19.9 Å². The van der Waals surface area contributed by atoms with E-state index in [1.54, 1.807) is 6.07 Å². The standard InChI is InChI=1S/C17H20N2O/c1-13-4-2-5-14(10-13)8-9-19-12-15-6-3-7-16(11-15)17(18)20/h2-7,10-11,19H,8-9,12H2,1H3,(H2,18,20). The molecule has 104 valence electrons. The number of primary amides is 1. The van der Waals surface area contributed by atoms with Crippen LogP contribution in [0.3, 0.4) is 0 Å². The Balaban J connectivity index is 1.81. The van der Waals surface area contributed by atoms with Crippen LogP contribution in [0.2, 0.25) is 0 Å². The van der Waals surface area contributed by atoms with Crippen LogP contribution in [0.1, 0.15) is 27.0 Å². The molecule has 2 aromatic carbocycles. The van der Waals surface area contributed by atoms with Gasteiger partial charge in [0.1, 0.15) is 0 Å². The van der Waals surface area contributed by atoms with Crippen molar-refractivity contribution in [3.63, 3.8) is 0 Å². The summed E-state index contributed by atoms with van der Waals surface area (Å²) in [5, 5.41) is 3.38. The molecule has 0 saturated heterocycles. The van der Waals surface area contributed by atoms with Crippen LogP contribution in [-0.4, -0.2) is 12.5 Å². The zero-order valence-corrected chi connectivity index (χ0v) is 11.7. The van der Waals surface area contributed by atoms with Crippen molar-refractivity contribution >= 4 is 5.91 Å². The Hall–Kier alpha value is -2.13. The highest BCUT2D eigenvalue weighted by Gasteiger charge is 2.01. The number of hydrogen-bond donors (Lipinski definition) is 2. The molecule has 0 unspecified atom stereocenters. The van der Waals surface area contributed by atoms with E-state index in [4.69, 9.17) is 5.73 Å². The van der Waals surface area contributed by atoms with Crippen molar-refractivity contribution in [2.75, 3.05) is 6.54 Å². The van der Waals surface area contributed by atoms with Crippen molar-refractivity contribution < 1.29 is 4.79 Å². The molecule has 3 nitrogen and oxygen atoms in total. The smallest absolute Gasteiger partial charge is 0.248 e. The summed E-state index contributed by atoms with van der Waals surface area (Å²) in [4.78, 5) is 11.1. The van der Waals surface area contributed by atoms with Crippen LogP contribution < -0.4 is 11.1 Å². The second-order valence-electron chi connectivity index (χ2n) is 4.98. The van der Waals surface area contributed by atoms with Gasteiger partial charge in [-0.25, -0.2) is 0 Å². The van der Waals surface area contributed by atoms with Crippen LogP contribution in [0.15, 0.2) is 48.5 Å². The molecule has 0 fully saturated rings. The number of nitrogens with one attached hydrogen (secondary N) is 1. The van der Waals surface area contributed by atoms with Gasteiger partial charge in [0.15, 0.2) is 0 Å². The number of amides is 1.